The molecule has 1 N–H and O–H groups in total. The summed E-state index contributed by atoms with van der Waals surface area (Å²) in [5, 5.41) is 9.63. The van der Waals surface area contributed by atoms with E-state index in [1.807, 2.05) is 19.1 Å². The molecule has 1 heterocycles. The van der Waals surface area contributed by atoms with Crippen molar-refractivity contribution < 1.29 is 22.7 Å². The lowest BCUT2D eigenvalue weighted by Crippen LogP contribution is -2.27. The van der Waals surface area contributed by atoms with Gasteiger partial charge < -0.3 is 9.52 Å². The predicted octanol–water partition coefficient (Wildman–Crippen LogP) is 5.91. The van der Waals surface area contributed by atoms with Crippen LogP contribution in [-0.2, 0) is 21.9 Å². The zero-order valence-corrected chi connectivity index (χ0v) is 20.3. The molecule has 0 amide bonds. The third-order valence-corrected chi connectivity index (χ3v) is 7.50. The molecule has 0 spiro atoms. The zero-order valence-electron chi connectivity index (χ0n) is 19.4. The van der Waals surface area contributed by atoms with E-state index in [9.17, 15) is 18.3 Å². The Hall–Kier alpha value is -3.65. The van der Waals surface area contributed by atoms with Crippen LogP contribution in [0, 0.1) is 0 Å². The van der Waals surface area contributed by atoms with Crippen LogP contribution in [0.5, 0.6) is 0 Å². The highest BCUT2D eigenvalue weighted by atomic mass is 32.2. The summed E-state index contributed by atoms with van der Waals surface area (Å²) in [5.41, 5.74) is 3.32. The van der Waals surface area contributed by atoms with Gasteiger partial charge in [-0.2, -0.15) is 0 Å². The third kappa shape index (κ3) is 4.28. The molecule has 7 nitrogen and oxygen atoms in total. The Morgan fingerprint density at radius 2 is 1.68 bits per heavy atom. The summed E-state index contributed by atoms with van der Waals surface area (Å²) < 4.78 is 34.4. The molecule has 0 aliphatic rings. The normalized spacial score (nSPS) is 12.1. The highest BCUT2D eigenvalue weighted by Crippen LogP contribution is 2.36. The quantitative estimate of drug-likeness (QED) is 0.370. The van der Waals surface area contributed by atoms with Crippen LogP contribution >= 0.6 is 0 Å². The van der Waals surface area contributed by atoms with E-state index in [-0.39, 0.29) is 15.9 Å². The van der Waals surface area contributed by atoms with Gasteiger partial charge in [-0.1, -0.05) is 45.9 Å². The molecule has 0 saturated carbocycles. The highest BCUT2D eigenvalue weighted by Gasteiger charge is 2.29. The van der Waals surface area contributed by atoms with Crippen LogP contribution in [0.2, 0.25) is 0 Å². The summed E-state index contributed by atoms with van der Waals surface area (Å²) in [5.74, 6) is -1.17. The maximum atomic E-state index is 14.0. The molecule has 3 aromatic carbocycles. The van der Waals surface area contributed by atoms with Gasteiger partial charge >= 0.3 is 5.97 Å². The van der Waals surface area contributed by atoms with Crippen molar-refractivity contribution in [2.45, 2.75) is 44.4 Å². The van der Waals surface area contributed by atoms with Crippen molar-refractivity contribution in [2.75, 3.05) is 4.31 Å². The summed E-state index contributed by atoms with van der Waals surface area (Å²) in [6.45, 7) is 8.07. The SMILES string of the molecule is CCc1ccc(S(=O)(=O)N(c2ccc(C(C)(C)C)cc2)c2ccc3ocnc3c2)cc1C(=O)O. The lowest BCUT2D eigenvalue weighted by molar-refractivity contribution is 0.0695. The molecule has 4 aromatic rings. The minimum absolute atomic E-state index is 0.0291. The van der Waals surface area contributed by atoms with Gasteiger partial charge in [0.05, 0.1) is 21.8 Å². The fraction of sp³-hybridized carbons (Fsp3) is 0.231. The molecule has 0 atom stereocenters. The first-order valence-electron chi connectivity index (χ1n) is 10.9. The Kier molecular flexibility index (Phi) is 5.95. The van der Waals surface area contributed by atoms with Gasteiger partial charge in [0.15, 0.2) is 12.0 Å². The smallest absolute Gasteiger partial charge is 0.336 e. The maximum absolute atomic E-state index is 14.0. The van der Waals surface area contributed by atoms with Crippen LogP contribution in [0.4, 0.5) is 11.4 Å². The fourth-order valence-corrected chi connectivity index (χ4v) is 5.33. The molecule has 176 valence electrons. The number of carboxylic acids is 1. The van der Waals surface area contributed by atoms with E-state index in [2.05, 4.69) is 25.8 Å². The summed E-state index contributed by atoms with van der Waals surface area (Å²) >= 11 is 0. The Morgan fingerprint density at radius 3 is 2.29 bits per heavy atom. The first-order chi connectivity index (χ1) is 16.0. The molecule has 8 heteroatoms. The Morgan fingerprint density at radius 1 is 1.00 bits per heavy atom. The van der Waals surface area contributed by atoms with E-state index in [1.54, 1.807) is 36.4 Å². The molecular formula is C26H26N2O5S. The van der Waals surface area contributed by atoms with Crippen molar-refractivity contribution in [3.63, 3.8) is 0 Å². The van der Waals surface area contributed by atoms with Crippen LogP contribution < -0.4 is 4.31 Å². The van der Waals surface area contributed by atoms with E-state index >= 15 is 0 Å². The van der Waals surface area contributed by atoms with Crippen molar-refractivity contribution in [1.29, 1.82) is 0 Å². The number of sulfonamides is 1. The molecule has 0 saturated heterocycles. The number of aryl methyl sites for hydroxylation is 1. The first kappa shape index (κ1) is 23.5. The molecule has 0 bridgehead atoms. The van der Waals surface area contributed by atoms with E-state index in [0.29, 0.717) is 34.5 Å². The summed E-state index contributed by atoms with van der Waals surface area (Å²) in [6, 6.07) is 16.5. The molecule has 0 aliphatic heterocycles. The number of nitrogens with zero attached hydrogens (tertiary/aromatic N) is 2. The number of oxazole rings is 1. The van der Waals surface area contributed by atoms with Crippen LogP contribution in [-0.4, -0.2) is 24.5 Å². The topological polar surface area (TPSA) is 101 Å². The van der Waals surface area contributed by atoms with E-state index in [4.69, 9.17) is 4.42 Å². The number of hydrogen-bond acceptors (Lipinski definition) is 5. The number of anilines is 2. The highest BCUT2D eigenvalue weighted by molar-refractivity contribution is 7.93. The lowest BCUT2D eigenvalue weighted by Gasteiger charge is -2.26. The molecule has 0 radical (unpaired) electrons. The number of benzene rings is 3. The largest absolute Gasteiger partial charge is 0.478 e. The second kappa shape index (κ2) is 8.61. The number of rotatable bonds is 6. The van der Waals surface area contributed by atoms with Crippen molar-refractivity contribution >= 4 is 38.5 Å². The zero-order chi connectivity index (χ0) is 24.7. The number of carboxylic acid groups (broad SMARTS) is 1. The fourth-order valence-electron chi connectivity index (χ4n) is 3.82. The van der Waals surface area contributed by atoms with E-state index < -0.39 is 16.0 Å². The number of fused-ring (bicyclic) bond motifs is 1. The van der Waals surface area contributed by atoms with Crippen molar-refractivity contribution in [3.8, 4) is 0 Å². The molecule has 0 fully saturated rings. The van der Waals surface area contributed by atoms with Gasteiger partial charge in [0, 0.05) is 0 Å². The van der Waals surface area contributed by atoms with Gasteiger partial charge in [-0.25, -0.2) is 22.5 Å². The average Bonchev–Trinajstić information content (AvgIpc) is 3.26. The van der Waals surface area contributed by atoms with Gasteiger partial charge in [-0.3, -0.25) is 0 Å². The number of hydrogen-bond donors (Lipinski definition) is 1. The van der Waals surface area contributed by atoms with Crippen LogP contribution in [0.15, 0.2) is 76.4 Å². The Labute approximate surface area is 198 Å². The van der Waals surface area contributed by atoms with E-state index in [0.717, 1.165) is 5.56 Å². The maximum Gasteiger partial charge on any atom is 0.336 e. The summed E-state index contributed by atoms with van der Waals surface area (Å²) in [7, 11) is -4.18. The van der Waals surface area contributed by atoms with Gasteiger partial charge in [0.1, 0.15) is 5.52 Å². The number of aromatic nitrogens is 1. The van der Waals surface area contributed by atoms with Gasteiger partial charge in [0.25, 0.3) is 10.0 Å². The van der Waals surface area contributed by atoms with Crippen LogP contribution in [0.25, 0.3) is 11.1 Å². The minimum atomic E-state index is -4.18. The third-order valence-electron chi connectivity index (χ3n) is 5.75. The summed E-state index contributed by atoms with van der Waals surface area (Å²) in [6.07, 6.45) is 1.77. The second-order valence-electron chi connectivity index (χ2n) is 9.05. The van der Waals surface area contributed by atoms with E-state index in [1.165, 1.54) is 22.8 Å². The summed E-state index contributed by atoms with van der Waals surface area (Å²) in [4.78, 5) is 15.8. The minimum Gasteiger partial charge on any atom is -0.478 e. The van der Waals surface area contributed by atoms with Gasteiger partial charge in [0.2, 0.25) is 0 Å². The number of carbonyl (C=O) groups is 1. The molecule has 0 unspecified atom stereocenters. The lowest BCUT2D eigenvalue weighted by atomic mass is 9.87. The Balaban J connectivity index is 1.92. The predicted molar refractivity (Wildman–Crippen MR) is 131 cm³/mol. The molecular weight excluding hydrogens is 452 g/mol. The Bertz CT molecular complexity index is 1470. The van der Waals surface area contributed by atoms with Gasteiger partial charge in [-0.15, -0.1) is 0 Å². The van der Waals surface area contributed by atoms with Crippen LogP contribution in [0.1, 0.15) is 49.2 Å². The van der Waals surface area contributed by atoms with Crippen LogP contribution in [0.3, 0.4) is 0 Å². The van der Waals surface area contributed by atoms with Crippen molar-refractivity contribution in [3.05, 3.63) is 83.7 Å². The average molecular weight is 479 g/mol. The molecule has 34 heavy (non-hydrogen) atoms. The van der Waals surface area contributed by atoms with Crippen molar-refractivity contribution in [2.24, 2.45) is 0 Å². The van der Waals surface area contributed by atoms with Crippen molar-refractivity contribution in [1.82, 2.24) is 4.98 Å². The van der Waals surface area contributed by atoms with Gasteiger partial charge in [-0.05, 0) is 65.4 Å². The molecule has 4 rings (SSSR count). The monoisotopic (exact) mass is 478 g/mol. The number of aromatic carboxylic acids is 1. The molecule has 1 aromatic heterocycles. The first-order valence-corrected chi connectivity index (χ1v) is 12.3. The second-order valence-corrected chi connectivity index (χ2v) is 10.8. The standard InChI is InChI=1S/C26H26N2O5S/c1-5-17-6-12-21(15-22(17)25(29)30)34(31,32)28(19-9-7-18(8-10-19)26(2,3)4)20-11-13-24-23(14-20)27-16-33-24/h6-16H,5H2,1-4H3,(H,29,30). The molecule has 0 aliphatic carbocycles.